The molecule has 13 heavy (non-hydrogen) atoms. The second kappa shape index (κ2) is 3.95. The summed E-state index contributed by atoms with van der Waals surface area (Å²) in [6, 6.07) is 0. The lowest BCUT2D eigenvalue weighted by Crippen LogP contribution is -2.16. The Morgan fingerprint density at radius 2 is 2.15 bits per heavy atom. The van der Waals surface area contributed by atoms with E-state index in [1.165, 1.54) is 6.20 Å². The Balaban J connectivity index is 3.50. The van der Waals surface area contributed by atoms with Crippen molar-refractivity contribution in [1.29, 1.82) is 0 Å². The fourth-order valence-electron chi connectivity index (χ4n) is 0.850. The van der Waals surface area contributed by atoms with E-state index in [9.17, 15) is 18.4 Å². The molecule has 1 N–H and O–H groups in total. The zero-order chi connectivity index (χ0) is 10.0. The second-order valence-electron chi connectivity index (χ2n) is 2.21. The van der Waals surface area contributed by atoms with Crippen LogP contribution in [0, 0.1) is 3.57 Å². The lowest BCUT2D eigenvalue weighted by Gasteiger charge is -2.02. The minimum atomic E-state index is -2.93. The Hall–Kier alpha value is -0.790. The van der Waals surface area contributed by atoms with Crippen LogP contribution in [0.25, 0.3) is 0 Å². The minimum absolute atomic E-state index is 0.137. The predicted molar refractivity (Wildman–Crippen MR) is 50.1 cm³/mol. The zero-order valence-electron chi connectivity index (χ0n) is 6.18. The van der Waals surface area contributed by atoms with E-state index in [2.05, 4.69) is 4.98 Å². The van der Waals surface area contributed by atoms with Gasteiger partial charge in [-0.05, 0) is 22.6 Å². The number of alkyl halides is 2. The molecule has 0 amide bonds. The number of H-pyrrole nitrogens is 1. The summed E-state index contributed by atoms with van der Waals surface area (Å²) >= 11 is 1.62. The molecule has 0 spiro atoms. The van der Waals surface area contributed by atoms with E-state index in [0.29, 0.717) is 0 Å². The van der Waals surface area contributed by atoms with Gasteiger partial charge < -0.3 is 4.98 Å². The smallest absolute Gasteiger partial charge is 0.269 e. The summed E-state index contributed by atoms with van der Waals surface area (Å²) < 4.78 is 24.7. The molecule has 0 saturated carbocycles. The number of hydrogen-bond acceptors (Lipinski definition) is 2. The molecule has 1 rings (SSSR count). The maximum Gasteiger partial charge on any atom is 0.269 e. The van der Waals surface area contributed by atoms with Gasteiger partial charge in [0.25, 0.3) is 6.43 Å². The summed E-state index contributed by atoms with van der Waals surface area (Å²) in [5.41, 5.74) is -1.92. The van der Waals surface area contributed by atoms with Crippen LogP contribution >= 0.6 is 22.6 Å². The lowest BCUT2D eigenvalue weighted by atomic mass is 10.2. The third-order valence-corrected chi connectivity index (χ3v) is 2.24. The molecule has 0 aliphatic heterocycles. The number of hydrogen-bond donors (Lipinski definition) is 1. The van der Waals surface area contributed by atoms with Crippen LogP contribution in [0.2, 0.25) is 0 Å². The summed E-state index contributed by atoms with van der Waals surface area (Å²) in [5.74, 6) is 0. The van der Waals surface area contributed by atoms with E-state index in [4.69, 9.17) is 0 Å². The highest BCUT2D eigenvalue weighted by Gasteiger charge is 2.18. The van der Waals surface area contributed by atoms with Crippen molar-refractivity contribution >= 4 is 28.9 Å². The number of pyridine rings is 1. The molecule has 0 bridgehead atoms. The number of halogens is 3. The van der Waals surface area contributed by atoms with Crippen molar-refractivity contribution in [3.63, 3.8) is 0 Å². The Bertz CT molecular complexity index is 389. The molecule has 0 atom stereocenters. The van der Waals surface area contributed by atoms with Crippen molar-refractivity contribution in [3.8, 4) is 0 Å². The highest BCUT2D eigenvalue weighted by Crippen LogP contribution is 2.17. The molecule has 0 unspecified atom stereocenters. The van der Waals surface area contributed by atoms with Crippen molar-refractivity contribution < 1.29 is 13.6 Å². The highest BCUT2D eigenvalue weighted by atomic mass is 127. The Kier molecular flexibility index (Phi) is 3.12. The quantitative estimate of drug-likeness (QED) is 0.668. The highest BCUT2D eigenvalue weighted by molar-refractivity contribution is 14.1. The van der Waals surface area contributed by atoms with E-state index in [1.807, 2.05) is 0 Å². The fourth-order valence-corrected chi connectivity index (χ4v) is 1.30. The van der Waals surface area contributed by atoms with Gasteiger partial charge in [0, 0.05) is 6.20 Å². The first-order valence-corrected chi connectivity index (χ1v) is 4.30. The van der Waals surface area contributed by atoms with Crippen molar-refractivity contribution in [3.05, 3.63) is 31.2 Å². The van der Waals surface area contributed by atoms with Crippen LogP contribution in [0.15, 0.2) is 11.0 Å². The van der Waals surface area contributed by atoms with E-state index in [0.717, 1.165) is 0 Å². The standard InChI is InChI=1S/C7H4F2INO2/c8-7(9)5-4(2-12)11-1-3(10)6(5)13/h1-2,7H,(H,11,13). The molecular formula is C7H4F2INO2. The summed E-state index contributed by atoms with van der Waals surface area (Å²) in [4.78, 5) is 23.7. The van der Waals surface area contributed by atoms with Crippen LogP contribution in [0.3, 0.4) is 0 Å². The van der Waals surface area contributed by atoms with Crippen molar-refractivity contribution in [2.45, 2.75) is 6.43 Å². The monoisotopic (exact) mass is 299 g/mol. The van der Waals surface area contributed by atoms with Gasteiger partial charge in [0.2, 0.25) is 5.43 Å². The summed E-state index contributed by atoms with van der Waals surface area (Å²) in [5, 5.41) is 0. The van der Waals surface area contributed by atoms with Gasteiger partial charge in [0.1, 0.15) is 0 Å². The lowest BCUT2D eigenvalue weighted by molar-refractivity contribution is 0.110. The number of aromatic amines is 1. The Morgan fingerprint density at radius 1 is 1.54 bits per heavy atom. The minimum Gasteiger partial charge on any atom is -0.357 e. The molecule has 70 valence electrons. The summed E-state index contributed by atoms with van der Waals surface area (Å²) in [6.45, 7) is 0. The van der Waals surface area contributed by atoms with Gasteiger partial charge in [0.05, 0.1) is 14.8 Å². The fraction of sp³-hybridized carbons (Fsp3) is 0.143. The Labute approximate surface area is 85.3 Å². The number of carbonyl (C=O) groups excluding carboxylic acids is 1. The van der Waals surface area contributed by atoms with Gasteiger partial charge in [-0.3, -0.25) is 9.59 Å². The topological polar surface area (TPSA) is 49.9 Å². The van der Waals surface area contributed by atoms with Crippen LogP contribution in [0.5, 0.6) is 0 Å². The van der Waals surface area contributed by atoms with Gasteiger partial charge in [-0.2, -0.15) is 0 Å². The van der Waals surface area contributed by atoms with Crippen molar-refractivity contribution in [2.24, 2.45) is 0 Å². The van der Waals surface area contributed by atoms with E-state index >= 15 is 0 Å². The first kappa shape index (κ1) is 10.3. The molecule has 0 aliphatic carbocycles. The van der Waals surface area contributed by atoms with Crippen LogP contribution in [0.4, 0.5) is 8.78 Å². The maximum atomic E-state index is 12.3. The molecule has 0 saturated heterocycles. The summed E-state index contributed by atoms with van der Waals surface area (Å²) in [7, 11) is 0. The second-order valence-corrected chi connectivity index (χ2v) is 3.37. The number of nitrogens with one attached hydrogen (secondary N) is 1. The predicted octanol–water partition coefficient (Wildman–Crippen LogP) is 1.73. The van der Waals surface area contributed by atoms with Gasteiger partial charge in [-0.15, -0.1) is 0 Å². The Morgan fingerprint density at radius 3 is 2.62 bits per heavy atom. The molecule has 1 heterocycles. The molecular weight excluding hydrogens is 295 g/mol. The number of aromatic nitrogens is 1. The van der Waals surface area contributed by atoms with Gasteiger partial charge in [-0.1, -0.05) is 0 Å². The first-order chi connectivity index (χ1) is 6.07. The number of carbonyl (C=O) groups is 1. The zero-order valence-corrected chi connectivity index (χ0v) is 8.34. The van der Waals surface area contributed by atoms with Crippen LogP contribution in [-0.4, -0.2) is 11.3 Å². The molecule has 0 aliphatic rings. The van der Waals surface area contributed by atoms with E-state index in [-0.39, 0.29) is 15.6 Å². The van der Waals surface area contributed by atoms with Gasteiger partial charge >= 0.3 is 0 Å². The van der Waals surface area contributed by atoms with Crippen molar-refractivity contribution in [1.82, 2.24) is 4.98 Å². The van der Waals surface area contributed by atoms with Crippen LogP contribution < -0.4 is 5.43 Å². The van der Waals surface area contributed by atoms with Crippen molar-refractivity contribution in [2.75, 3.05) is 0 Å². The molecule has 0 fully saturated rings. The normalized spacial score (nSPS) is 10.5. The third-order valence-electron chi connectivity index (χ3n) is 1.44. The SMILES string of the molecule is O=Cc1[nH]cc(I)c(=O)c1C(F)F. The maximum absolute atomic E-state index is 12.3. The molecule has 0 radical (unpaired) electrons. The number of aldehydes is 1. The van der Waals surface area contributed by atoms with E-state index in [1.54, 1.807) is 22.6 Å². The molecule has 3 nitrogen and oxygen atoms in total. The van der Waals surface area contributed by atoms with E-state index < -0.39 is 17.4 Å². The molecule has 1 aromatic rings. The molecule has 0 aromatic carbocycles. The average Bonchev–Trinajstić information content (AvgIpc) is 2.08. The van der Waals surface area contributed by atoms with Gasteiger partial charge in [-0.25, -0.2) is 8.78 Å². The third kappa shape index (κ3) is 1.93. The van der Waals surface area contributed by atoms with Crippen LogP contribution in [-0.2, 0) is 0 Å². The first-order valence-electron chi connectivity index (χ1n) is 3.22. The van der Waals surface area contributed by atoms with Crippen LogP contribution in [0.1, 0.15) is 22.5 Å². The average molecular weight is 299 g/mol. The molecule has 1 aromatic heterocycles. The summed E-state index contributed by atoms with van der Waals surface area (Å²) in [6.07, 6.45) is -1.50. The van der Waals surface area contributed by atoms with Gasteiger partial charge in [0.15, 0.2) is 6.29 Å². The molecule has 6 heteroatoms. The largest absolute Gasteiger partial charge is 0.357 e. The number of rotatable bonds is 2.